The van der Waals surface area contributed by atoms with Crippen molar-refractivity contribution in [3.8, 4) is 11.5 Å². The van der Waals surface area contributed by atoms with Crippen molar-refractivity contribution in [3.63, 3.8) is 0 Å². The largest absolute Gasteiger partial charge is 0.508 e. The normalized spacial score (nSPS) is 33.3. The fraction of sp³-hybridized carbons (Fsp3) is 0.462. The maximum absolute atomic E-state index is 13.3. The number of amides is 1. The van der Waals surface area contributed by atoms with Gasteiger partial charge in [-0.15, -0.1) is 0 Å². The van der Waals surface area contributed by atoms with Gasteiger partial charge in [0.25, 0.3) is 5.91 Å². The lowest BCUT2D eigenvalue weighted by Crippen LogP contribution is -2.75. The molecule has 2 bridgehead atoms. The van der Waals surface area contributed by atoms with Gasteiger partial charge in [0.05, 0.1) is 16.6 Å². The number of piperidine rings is 1. The van der Waals surface area contributed by atoms with E-state index in [1.54, 1.807) is 30.5 Å². The van der Waals surface area contributed by atoms with Crippen LogP contribution in [0.4, 0.5) is 5.82 Å². The van der Waals surface area contributed by atoms with Crippen LogP contribution in [0.3, 0.4) is 0 Å². The molecule has 34 heavy (non-hydrogen) atoms. The molecule has 3 heterocycles. The van der Waals surface area contributed by atoms with E-state index in [9.17, 15) is 20.1 Å². The van der Waals surface area contributed by atoms with E-state index in [1.165, 1.54) is 12.8 Å². The number of rotatable bonds is 4. The quantitative estimate of drug-likeness (QED) is 0.553. The highest BCUT2D eigenvalue weighted by Crippen LogP contribution is 2.66. The van der Waals surface area contributed by atoms with Crippen LogP contribution in [0.1, 0.15) is 36.8 Å². The highest BCUT2D eigenvalue weighted by Gasteiger charge is 2.73. The molecule has 1 aromatic carbocycles. The number of anilines is 1. The number of pyridine rings is 1. The van der Waals surface area contributed by atoms with Gasteiger partial charge in [-0.2, -0.15) is 0 Å². The van der Waals surface area contributed by atoms with E-state index in [4.69, 9.17) is 4.74 Å². The number of phenols is 1. The zero-order chi connectivity index (χ0) is 23.2. The number of hydrogen-bond donors (Lipinski definition) is 4. The number of carbonyl (C=O) groups excluding carboxylic acids is 1. The number of likely N-dealkylation sites (tertiary alicyclic amines) is 1. The Hall–Kier alpha value is -3.10. The smallest absolute Gasteiger partial charge is 0.256 e. The van der Waals surface area contributed by atoms with Gasteiger partial charge in [0.15, 0.2) is 17.6 Å². The highest BCUT2D eigenvalue weighted by molar-refractivity contribution is 6.04. The topological polar surface area (TPSA) is 115 Å². The monoisotopic (exact) mass is 461 g/mol. The Morgan fingerprint density at radius 3 is 2.85 bits per heavy atom. The number of hydrogen-bond acceptors (Lipinski definition) is 7. The molecule has 4 N–H and O–H groups in total. The van der Waals surface area contributed by atoms with E-state index in [1.807, 2.05) is 6.07 Å². The third kappa shape index (κ3) is 2.50. The fourth-order valence-electron chi connectivity index (χ4n) is 7.00. The van der Waals surface area contributed by atoms with Crippen LogP contribution in [0.5, 0.6) is 11.5 Å². The zero-order valence-electron chi connectivity index (χ0n) is 18.7. The van der Waals surface area contributed by atoms with Crippen molar-refractivity contribution < 1.29 is 24.9 Å². The summed E-state index contributed by atoms with van der Waals surface area (Å²) in [6, 6.07) is 8.53. The Labute approximate surface area is 196 Å². The van der Waals surface area contributed by atoms with Gasteiger partial charge in [-0.1, -0.05) is 12.1 Å². The Morgan fingerprint density at radius 2 is 2.09 bits per heavy atom. The van der Waals surface area contributed by atoms with Gasteiger partial charge in [-0.25, -0.2) is 4.98 Å². The summed E-state index contributed by atoms with van der Waals surface area (Å²) in [4.78, 5) is 19.8. The lowest BCUT2D eigenvalue weighted by molar-refractivity contribution is -0.172. The molecule has 1 saturated heterocycles. The number of ether oxygens (including phenoxy) is 1. The molecule has 1 aromatic heterocycles. The van der Waals surface area contributed by atoms with Gasteiger partial charge in [0.2, 0.25) is 0 Å². The van der Waals surface area contributed by atoms with Gasteiger partial charge < -0.3 is 25.4 Å². The molecule has 1 amide bonds. The van der Waals surface area contributed by atoms with E-state index < -0.39 is 23.0 Å². The SMILES string of the molecule is O=C(Nc1ccccn1)C1=C(O)[C@@H]2Oc3c(O)ccc4c3[C@@]23CCN(CC2CC2)[C@H](C4)[C@]3(O)C1. The number of aromatic nitrogens is 1. The maximum Gasteiger partial charge on any atom is 0.256 e. The molecule has 2 fully saturated rings. The first-order valence-electron chi connectivity index (χ1n) is 12.0. The maximum atomic E-state index is 13.3. The van der Waals surface area contributed by atoms with E-state index in [2.05, 4.69) is 15.2 Å². The molecular weight excluding hydrogens is 434 g/mol. The summed E-state index contributed by atoms with van der Waals surface area (Å²) >= 11 is 0. The Bertz CT molecular complexity index is 1240. The highest BCUT2D eigenvalue weighted by atomic mass is 16.5. The number of aliphatic hydroxyl groups excluding tert-OH is 1. The lowest BCUT2D eigenvalue weighted by atomic mass is 9.49. The third-order valence-electron chi connectivity index (χ3n) is 8.70. The lowest BCUT2D eigenvalue weighted by Gasteiger charge is -2.62. The Morgan fingerprint density at radius 1 is 1.24 bits per heavy atom. The number of nitrogens with zero attached hydrogens (tertiary/aromatic N) is 2. The van der Waals surface area contributed by atoms with Gasteiger partial charge in [-0.3, -0.25) is 9.69 Å². The molecule has 4 atom stereocenters. The predicted octanol–water partition coefficient (Wildman–Crippen LogP) is 2.41. The minimum absolute atomic E-state index is 0.00368. The summed E-state index contributed by atoms with van der Waals surface area (Å²) in [7, 11) is 0. The minimum Gasteiger partial charge on any atom is -0.508 e. The van der Waals surface area contributed by atoms with Crippen molar-refractivity contribution in [2.24, 2.45) is 5.92 Å². The standard InChI is InChI=1S/C26H27N3O5/c30-17-7-6-15-11-18-26(33)12-16(24(32)28-19-3-1-2-9-27-19)21(31)23-25(26,20(15)22(17)34-23)8-10-29(18)13-14-4-5-14/h1-3,6-7,9,14,18,23,30-31,33H,4-5,8,10-13H2,(H,27,28,32)/t18-,23+,25+,26-/m1/s1. The molecule has 1 spiro atoms. The summed E-state index contributed by atoms with van der Waals surface area (Å²) in [5.74, 6) is 0.681. The first-order chi connectivity index (χ1) is 16.4. The van der Waals surface area contributed by atoms with E-state index in [-0.39, 0.29) is 29.5 Å². The summed E-state index contributed by atoms with van der Waals surface area (Å²) in [6.07, 6.45) is 4.29. The van der Waals surface area contributed by atoms with Crippen molar-refractivity contribution in [3.05, 3.63) is 59.0 Å². The average molecular weight is 462 g/mol. The van der Waals surface area contributed by atoms with E-state index in [0.717, 1.165) is 24.2 Å². The van der Waals surface area contributed by atoms with Gasteiger partial charge in [0, 0.05) is 30.8 Å². The van der Waals surface area contributed by atoms with Crippen LogP contribution in [0.15, 0.2) is 47.9 Å². The van der Waals surface area contributed by atoms with Crippen LogP contribution in [-0.2, 0) is 16.6 Å². The fourth-order valence-corrected chi connectivity index (χ4v) is 7.00. The Balaban J connectivity index is 1.37. The molecular formula is C26H27N3O5. The first kappa shape index (κ1) is 20.3. The molecule has 2 aromatic rings. The van der Waals surface area contributed by atoms with Gasteiger partial charge in [0.1, 0.15) is 11.6 Å². The summed E-state index contributed by atoms with van der Waals surface area (Å²) in [5.41, 5.74) is -0.265. The molecule has 3 aliphatic carbocycles. The Kier molecular flexibility index (Phi) is 4.02. The van der Waals surface area contributed by atoms with Gasteiger partial charge >= 0.3 is 0 Å². The summed E-state index contributed by atoms with van der Waals surface area (Å²) in [5, 5.41) is 37.3. The van der Waals surface area contributed by atoms with Gasteiger partial charge in [-0.05, 0) is 61.9 Å². The van der Waals surface area contributed by atoms with Crippen LogP contribution in [-0.4, -0.2) is 61.9 Å². The summed E-state index contributed by atoms with van der Waals surface area (Å²) in [6.45, 7) is 1.71. The number of aromatic hydroxyl groups is 1. The van der Waals surface area contributed by atoms with Crippen LogP contribution in [0.25, 0.3) is 0 Å². The van der Waals surface area contributed by atoms with Crippen molar-refractivity contribution in [1.29, 1.82) is 0 Å². The molecule has 1 saturated carbocycles. The molecule has 8 heteroatoms. The van der Waals surface area contributed by atoms with Crippen molar-refractivity contribution >= 4 is 11.7 Å². The van der Waals surface area contributed by atoms with Crippen LogP contribution in [0, 0.1) is 5.92 Å². The third-order valence-corrected chi connectivity index (χ3v) is 8.70. The number of benzene rings is 1. The molecule has 176 valence electrons. The number of aliphatic hydroxyl groups is 2. The second kappa shape index (κ2) is 6.73. The predicted molar refractivity (Wildman–Crippen MR) is 123 cm³/mol. The molecule has 5 aliphatic rings. The van der Waals surface area contributed by atoms with Crippen molar-refractivity contribution in [2.45, 2.75) is 55.3 Å². The van der Waals surface area contributed by atoms with Crippen molar-refractivity contribution in [1.82, 2.24) is 9.88 Å². The number of nitrogens with one attached hydrogen (secondary N) is 1. The van der Waals surface area contributed by atoms with E-state index in [0.29, 0.717) is 30.3 Å². The average Bonchev–Trinajstić information content (AvgIpc) is 3.56. The molecule has 8 nitrogen and oxygen atoms in total. The van der Waals surface area contributed by atoms with E-state index >= 15 is 0 Å². The number of phenolic OH excluding ortho intramolecular Hbond substituents is 1. The second-order valence-corrected chi connectivity index (χ2v) is 10.5. The van der Waals surface area contributed by atoms with Crippen LogP contribution >= 0.6 is 0 Å². The van der Waals surface area contributed by atoms with Crippen LogP contribution < -0.4 is 10.1 Å². The molecule has 2 aliphatic heterocycles. The first-order valence-corrected chi connectivity index (χ1v) is 12.0. The zero-order valence-corrected chi connectivity index (χ0v) is 18.7. The second-order valence-electron chi connectivity index (χ2n) is 10.5. The minimum atomic E-state index is -1.32. The number of carbonyl (C=O) groups is 1. The summed E-state index contributed by atoms with van der Waals surface area (Å²) < 4.78 is 6.21. The molecule has 7 rings (SSSR count). The molecule has 0 unspecified atom stereocenters. The molecule has 0 radical (unpaired) electrons. The van der Waals surface area contributed by atoms with Crippen LogP contribution in [0.2, 0.25) is 0 Å². The van der Waals surface area contributed by atoms with Crippen molar-refractivity contribution in [2.75, 3.05) is 18.4 Å².